The van der Waals surface area contributed by atoms with Crippen LogP contribution in [0.3, 0.4) is 0 Å². The van der Waals surface area contributed by atoms with Gasteiger partial charge in [0.1, 0.15) is 0 Å². The second-order valence-corrected chi connectivity index (χ2v) is 6.58. The van der Waals surface area contributed by atoms with Crippen molar-refractivity contribution in [1.29, 1.82) is 0 Å². The molecule has 0 radical (unpaired) electrons. The van der Waals surface area contributed by atoms with E-state index in [1.807, 2.05) is 17.0 Å². The van der Waals surface area contributed by atoms with Gasteiger partial charge in [-0.15, -0.1) is 0 Å². The van der Waals surface area contributed by atoms with Crippen molar-refractivity contribution >= 4 is 5.91 Å². The topological polar surface area (TPSA) is 24.8 Å². The molecular weight excluding hydrogens is 236 g/mol. The number of nitrogens with one attached hydrogen (secondary N) is 1. The minimum Gasteiger partial charge on any atom is -0.334 e. The molecule has 1 saturated heterocycles. The largest absolute Gasteiger partial charge is 0.334 e. The van der Waals surface area contributed by atoms with Crippen molar-refractivity contribution in [3.05, 3.63) is 35.4 Å². The van der Waals surface area contributed by atoms with Gasteiger partial charge < -0.3 is 9.80 Å². The van der Waals surface area contributed by atoms with Crippen LogP contribution in [0.1, 0.15) is 36.7 Å². The molecule has 1 N–H and O–H groups in total. The van der Waals surface area contributed by atoms with Crippen molar-refractivity contribution < 1.29 is 9.69 Å². The van der Waals surface area contributed by atoms with Gasteiger partial charge in [-0.2, -0.15) is 0 Å². The number of hydrogen-bond donors (Lipinski definition) is 1. The predicted octanol–water partition coefficient (Wildman–Crippen LogP) is 0.955. The van der Waals surface area contributed by atoms with Crippen molar-refractivity contribution in [3.8, 4) is 0 Å². The number of nitrogens with zero attached hydrogens (tertiary/aromatic N) is 1. The maximum atomic E-state index is 12.4. The zero-order chi connectivity index (χ0) is 14.0. The van der Waals surface area contributed by atoms with Gasteiger partial charge in [-0.05, 0) is 23.1 Å². The average molecular weight is 261 g/mol. The fraction of sp³-hybridized carbons (Fsp3) is 0.562. The summed E-state index contributed by atoms with van der Waals surface area (Å²) in [5, 5.41) is 0. The van der Waals surface area contributed by atoms with Gasteiger partial charge in [-0.1, -0.05) is 32.9 Å². The monoisotopic (exact) mass is 261 g/mol. The number of quaternary nitrogens is 1. The second kappa shape index (κ2) is 5.33. The van der Waals surface area contributed by atoms with Crippen LogP contribution in [0, 0.1) is 0 Å². The average Bonchev–Trinajstić information content (AvgIpc) is 2.38. The Labute approximate surface area is 116 Å². The van der Waals surface area contributed by atoms with Gasteiger partial charge in [-0.25, -0.2) is 0 Å². The number of benzene rings is 1. The first-order valence-electron chi connectivity index (χ1n) is 7.09. The SMILES string of the molecule is C[NH+]1CCN(C(=O)c2ccc(C(C)(C)C)cc2)CC1. The highest BCUT2D eigenvalue weighted by Crippen LogP contribution is 2.22. The summed E-state index contributed by atoms with van der Waals surface area (Å²) in [6.45, 7) is 10.4. The standard InChI is InChI=1S/C16H24N2O/c1-16(2,3)14-7-5-13(6-8-14)15(19)18-11-9-17(4)10-12-18/h5-8H,9-12H2,1-4H3/p+1. The van der Waals surface area contributed by atoms with Gasteiger partial charge in [0.05, 0.1) is 33.2 Å². The van der Waals surface area contributed by atoms with Crippen LogP contribution < -0.4 is 4.90 Å². The highest BCUT2D eigenvalue weighted by molar-refractivity contribution is 5.94. The summed E-state index contributed by atoms with van der Waals surface area (Å²) in [4.78, 5) is 15.9. The van der Waals surface area contributed by atoms with Gasteiger partial charge in [-0.3, -0.25) is 4.79 Å². The Morgan fingerprint density at radius 3 is 2.11 bits per heavy atom. The summed E-state index contributed by atoms with van der Waals surface area (Å²) in [6.07, 6.45) is 0. The minimum atomic E-state index is 0.138. The normalized spacial score (nSPS) is 17.6. The van der Waals surface area contributed by atoms with E-state index >= 15 is 0 Å². The molecule has 0 aliphatic carbocycles. The molecule has 0 aromatic heterocycles. The lowest BCUT2D eigenvalue weighted by atomic mass is 9.86. The summed E-state index contributed by atoms with van der Waals surface area (Å²) >= 11 is 0. The molecule has 1 aromatic rings. The Morgan fingerprint density at radius 1 is 1.11 bits per heavy atom. The van der Waals surface area contributed by atoms with E-state index < -0.39 is 0 Å². The molecular formula is C16H25N2O+. The number of rotatable bonds is 1. The third kappa shape index (κ3) is 3.35. The molecule has 0 saturated carbocycles. The van der Waals surface area contributed by atoms with E-state index in [4.69, 9.17) is 0 Å². The summed E-state index contributed by atoms with van der Waals surface area (Å²) < 4.78 is 0. The van der Waals surface area contributed by atoms with Crippen molar-refractivity contribution in [1.82, 2.24) is 4.90 Å². The van der Waals surface area contributed by atoms with Gasteiger partial charge in [0.25, 0.3) is 5.91 Å². The van der Waals surface area contributed by atoms with E-state index in [1.165, 1.54) is 10.5 Å². The van der Waals surface area contributed by atoms with Gasteiger partial charge in [0, 0.05) is 5.56 Å². The van der Waals surface area contributed by atoms with E-state index in [0.717, 1.165) is 31.7 Å². The molecule has 0 unspecified atom stereocenters. The summed E-state index contributed by atoms with van der Waals surface area (Å²) in [5.41, 5.74) is 2.22. The Balaban J connectivity index is 2.08. The van der Waals surface area contributed by atoms with Gasteiger partial charge in [0.15, 0.2) is 0 Å². The second-order valence-electron chi connectivity index (χ2n) is 6.58. The van der Waals surface area contributed by atoms with Crippen molar-refractivity contribution in [2.75, 3.05) is 33.2 Å². The lowest BCUT2D eigenvalue weighted by Gasteiger charge is -2.30. The van der Waals surface area contributed by atoms with Crippen LogP contribution in [0.2, 0.25) is 0 Å². The highest BCUT2D eigenvalue weighted by Gasteiger charge is 2.22. The van der Waals surface area contributed by atoms with Crippen molar-refractivity contribution in [2.45, 2.75) is 26.2 Å². The molecule has 1 aliphatic heterocycles. The fourth-order valence-electron chi connectivity index (χ4n) is 2.39. The van der Waals surface area contributed by atoms with Crippen LogP contribution >= 0.6 is 0 Å². The maximum Gasteiger partial charge on any atom is 0.254 e. The van der Waals surface area contributed by atoms with Crippen molar-refractivity contribution in [3.63, 3.8) is 0 Å². The zero-order valence-corrected chi connectivity index (χ0v) is 12.5. The minimum absolute atomic E-state index is 0.138. The first-order valence-corrected chi connectivity index (χ1v) is 7.09. The van der Waals surface area contributed by atoms with Crippen LogP contribution in [0.15, 0.2) is 24.3 Å². The zero-order valence-electron chi connectivity index (χ0n) is 12.5. The molecule has 0 atom stereocenters. The molecule has 104 valence electrons. The molecule has 1 fully saturated rings. The molecule has 1 aromatic carbocycles. The van der Waals surface area contributed by atoms with Crippen LogP contribution in [-0.2, 0) is 5.41 Å². The number of amides is 1. The van der Waals surface area contributed by atoms with E-state index in [0.29, 0.717) is 0 Å². The Morgan fingerprint density at radius 2 is 1.63 bits per heavy atom. The van der Waals surface area contributed by atoms with Crippen LogP contribution in [0.4, 0.5) is 0 Å². The van der Waals surface area contributed by atoms with Crippen LogP contribution in [-0.4, -0.2) is 44.0 Å². The molecule has 3 nitrogen and oxygen atoms in total. The molecule has 2 rings (SSSR count). The number of hydrogen-bond acceptors (Lipinski definition) is 1. The molecule has 19 heavy (non-hydrogen) atoms. The Hall–Kier alpha value is -1.35. The van der Waals surface area contributed by atoms with E-state index in [2.05, 4.69) is 40.0 Å². The molecule has 0 spiro atoms. The molecule has 1 amide bonds. The molecule has 1 aliphatic rings. The summed E-state index contributed by atoms with van der Waals surface area (Å²) in [7, 11) is 2.18. The third-order valence-electron chi connectivity index (χ3n) is 3.90. The first-order chi connectivity index (χ1) is 8.88. The van der Waals surface area contributed by atoms with Gasteiger partial charge >= 0.3 is 0 Å². The highest BCUT2D eigenvalue weighted by atomic mass is 16.2. The predicted molar refractivity (Wildman–Crippen MR) is 77.7 cm³/mol. The molecule has 3 heteroatoms. The van der Waals surface area contributed by atoms with Crippen LogP contribution in [0.5, 0.6) is 0 Å². The maximum absolute atomic E-state index is 12.4. The number of likely N-dealkylation sites (N-methyl/N-ethyl adjacent to an activating group) is 1. The smallest absolute Gasteiger partial charge is 0.254 e. The summed E-state index contributed by atoms with van der Waals surface area (Å²) in [6, 6.07) is 8.09. The Bertz CT molecular complexity index is 437. The molecule has 1 heterocycles. The Kier molecular flexibility index (Phi) is 3.95. The first kappa shape index (κ1) is 14.1. The fourth-order valence-corrected chi connectivity index (χ4v) is 2.39. The quantitative estimate of drug-likeness (QED) is 0.800. The lowest BCUT2D eigenvalue weighted by Crippen LogP contribution is -3.12. The van der Waals surface area contributed by atoms with Gasteiger partial charge in [0.2, 0.25) is 0 Å². The number of piperazine rings is 1. The third-order valence-corrected chi connectivity index (χ3v) is 3.90. The molecule has 0 bridgehead atoms. The van der Waals surface area contributed by atoms with Crippen molar-refractivity contribution in [2.24, 2.45) is 0 Å². The summed E-state index contributed by atoms with van der Waals surface area (Å²) in [5.74, 6) is 0.174. The van der Waals surface area contributed by atoms with E-state index in [1.54, 1.807) is 0 Å². The van der Waals surface area contributed by atoms with E-state index in [-0.39, 0.29) is 11.3 Å². The van der Waals surface area contributed by atoms with Crippen LogP contribution in [0.25, 0.3) is 0 Å². The lowest BCUT2D eigenvalue weighted by molar-refractivity contribution is -0.883. The van der Waals surface area contributed by atoms with E-state index in [9.17, 15) is 4.79 Å². The number of carbonyl (C=O) groups is 1. The number of carbonyl (C=O) groups excluding carboxylic acids is 1.